The lowest BCUT2D eigenvalue weighted by Gasteiger charge is -2.24. The summed E-state index contributed by atoms with van der Waals surface area (Å²) in [4.78, 5) is 31.4. The first kappa shape index (κ1) is 19.4. The van der Waals surface area contributed by atoms with Crippen molar-refractivity contribution in [2.75, 3.05) is 32.3 Å². The first-order valence-corrected chi connectivity index (χ1v) is 9.35. The Balaban J connectivity index is 1.54. The minimum atomic E-state index is -0.823. The summed E-state index contributed by atoms with van der Waals surface area (Å²) < 4.78 is 16.9. The number of nitrogens with one attached hydrogen (secondary N) is 1. The number of amides is 2. The number of rotatable bonds is 4. The van der Waals surface area contributed by atoms with Gasteiger partial charge < -0.3 is 24.4 Å². The van der Waals surface area contributed by atoms with Gasteiger partial charge in [0.15, 0.2) is 0 Å². The second-order valence-electron chi connectivity index (χ2n) is 7.38. The van der Waals surface area contributed by atoms with E-state index in [-0.39, 0.29) is 18.2 Å². The van der Waals surface area contributed by atoms with Gasteiger partial charge in [-0.1, -0.05) is 12.1 Å². The van der Waals surface area contributed by atoms with Crippen LogP contribution in [0.25, 0.3) is 0 Å². The molecule has 1 N–H and O–H groups in total. The number of ether oxygens (including phenoxy) is 3. The highest BCUT2D eigenvalue weighted by atomic mass is 16.5. The summed E-state index contributed by atoms with van der Waals surface area (Å²) in [5.74, 6) is -0.0963. The van der Waals surface area contributed by atoms with Crippen molar-refractivity contribution in [1.29, 1.82) is 0 Å². The van der Waals surface area contributed by atoms with Gasteiger partial charge in [0.2, 0.25) is 0 Å². The second-order valence-corrected chi connectivity index (χ2v) is 7.38. The number of fused-ring (bicyclic) bond motifs is 2. The van der Waals surface area contributed by atoms with E-state index in [4.69, 9.17) is 14.2 Å². The number of hydrogen-bond acceptors (Lipinski definition) is 6. The first-order valence-electron chi connectivity index (χ1n) is 9.35. The second kappa shape index (κ2) is 7.46. The molecule has 1 aromatic heterocycles. The summed E-state index contributed by atoms with van der Waals surface area (Å²) in [6, 6.07) is 8.15. The van der Waals surface area contributed by atoms with Crippen LogP contribution in [0, 0.1) is 0 Å². The molecule has 0 saturated carbocycles. The number of pyridine rings is 1. The van der Waals surface area contributed by atoms with E-state index in [1.807, 2.05) is 19.1 Å². The number of likely N-dealkylation sites (N-methyl/N-ethyl adjacent to an activating group) is 1. The molecule has 0 spiro atoms. The van der Waals surface area contributed by atoms with E-state index in [1.165, 1.54) is 4.90 Å². The Morgan fingerprint density at radius 1 is 1.41 bits per heavy atom. The molecule has 2 amide bonds. The van der Waals surface area contributed by atoms with Crippen LogP contribution in [-0.4, -0.2) is 50.2 Å². The van der Waals surface area contributed by atoms with Gasteiger partial charge in [-0.15, -0.1) is 0 Å². The Labute approximate surface area is 168 Å². The van der Waals surface area contributed by atoms with Crippen molar-refractivity contribution < 1.29 is 23.8 Å². The molecule has 0 saturated heterocycles. The van der Waals surface area contributed by atoms with Crippen molar-refractivity contribution in [2.45, 2.75) is 25.2 Å². The molecule has 2 aromatic rings. The summed E-state index contributed by atoms with van der Waals surface area (Å²) >= 11 is 0. The van der Waals surface area contributed by atoms with Crippen molar-refractivity contribution in [3.8, 4) is 5.75 Å². The standard InChI is InChI=1S/C21H23N3O5/c1-21(12-27-3)14-8-15(22-9-13(14)10-29-21)19(25)23-16-11-28-18-7-5-4-6-17(18)24(2)20(16)26/h4-9,16H,10-12H2,1-3H3,(H,23,25)/t16-,21?/m0/s1. The molecule has 0 radical (unpaired) electrons. The van der Waals surface area contributed by atoms with Gasteiger partial charge in [0.25, 0.3) is 11.8 Å². The largest absolute Gasteiger partial charge is 0.489 e. The monoisotopic (exact) mass is 397 g/mol. The first-order chi connectivity index (χ1) is 13.9. The third-order valence-electron chi connectivity index (χ3n) is 5.32. The maximum absolute atomic E-state index is 12.8. The Kier molecular flexibility index (Phi) is 4.97. The maximum Gasteiger partial charge on any atom is 0.270 e. The van der Waals surface area contributed by atoms with Gasteiger partial charge in [-0.05, 0) is 30.7 Å². The van der Waals surface area contributed by atoms with Crippen molar-refractivity contribution in [3.05, 3.63) is 53.3 Å². The summed E-state index contributed by atoms with van der Waals surface area (Å²) in [6.07, 6.45) is 1.64. The number of nitrogens with zero attached hydrogens (tertiary/aromatic N) is 2. The fourth-order valence-corrected chi connectivity index (χ4v) is 3.71. The zero-order valence-electron chi connectivity index (χ0n) is 16.6. The number of para-hydroxylation sites is 2. The van der Waals surface area contributed by atoms with E-state index in [9.17, 15) is 9.59 Å². The van der Waals surface area contributed by atoms with E-state index in [0.29, 0.717) is 24.7 Å². The Bertz CT molecular complexity index is 959. The fraction of sp³-hybridized carbons (Fsp3) is 0.381. The molecule has 2 aliphatic rings. The number of carbonyl (C=O) groups excluding carboxylic acids is 2. The smallest absolute Gasteiger partial charge is 0.270 e. The van der Waals surface area contributed by atoms with Crippen LogP contribution in [0.15, 0.2) is 36.5 Å². The lowest BCUT2D eigenvalue weighted by Crippen LogP contribution is -2.49. The molecule has 2 atom stereocenters. The highest BCUT2D eigenvalue weighted by Gasteiger charge is 2.37. The van der Waals surface area contributed by atoms with Gasteiger partial charge >= 0.3 is 0 Å². The van der Waals surface area contributed by atoms with Crippen molar-refractivity contribution in [2.24, 2.45) is 0 Å². The predicted octanol–water partition coefficient (Wildman–Crippen LogP) is 1.63. The highest BCUT2D eigenvalue weighted by molar-refractivity contribution is 6.02. The third kappa shape index (κ3) is 3.45. The fourth-order valence-electron chi connectivity index (χ4n) is 3.71. The van der Waals surface area contributed by atoms with Gasteiger partial charge in [0.1, 0.15) is 29.7 Å². The Morgan fingerprint density at radius 3 is 3.00 bits per heavy atom. The van der Waals surface area contributed by atoms with Gasteiger partial charge in [-0.3, -0.25) is 14.6 Å². The number of hydrogen-bond donors (Lipinski definition) is 1. The van der Waals surface area contributed by atoms with Crippen LogP contribution in [0.4, 0.5) is 5.69 Å². The molecule has 1 aromatic carbocycles. The molecule has 152 valence electrons. The normalized spacial score (nSPS) is 23.1. The lowest BCUT2D eigenvalue weighted by molar-refractivity contribution is -0.120. The average molecular weight is 397 g/mol. The lowest BCUT2D eigenvalue weighted by atomic mass is 9.95. The molecule has 1 unspecified atom stereocenters. The van der Waals surface area contributed by atoms with Crippen LogP contribution >= 0.6 is 0 Å². The summed E-state index contributed by atoms with van der Waals surface area (Å²) in [5, 5.41) is 2.75. The van der Waals surface area contributed by atoms with E-state index in [2.05, 4.69) is 10.3 Å². The molecular formula is C21H23N3O5. The van der Waals surface area contributed by atoms with Crippen molar-refractivity contribution in [3.63, 3.8) is 0 Å². The molecule has 8 nitrogen and oxygen atoms in total. The molecular weight excluding hydrogens is 374 g/mol. The number of benzene rings is 1. The van der Waals surface area contributed by atoms with Crippen molar-refractivity contribution in [1.82, 2.24) is 10.3 Å². The zero-order valence-corrected chi connectivity index (χ0v) is 16.6. The topological polar surface area (TPSA) is 90.0 Å². The number of aromatic nitrogens is 1. The molecule has 29 heavy (non-hydrogen) atoms. The van der Waals surface area contributed by atoms with Crippen LogP contribution in [0.5, 0.6) is 5.75 Å². The zero-order chi connectivity index (χ0) is 20.6. The summed E-state index contributed by atoms with van der Waals surface area (Å²) in [7, 11) is 3.27. The molecule has 0 bridgehead atoms. The van der Waals surface area contributed by atoms with E-state index >= 15 is 0 Å². The minimum absolute atomic E-state index is 0.0430. The third-order valence-corrected chi connectivity index (χ3v) is 5.32. The average Bonchev–Trinajstić information content (AvgIpc) is 3.00. The Morgan fingerprint density at radius 2 is 2.21 bits per heavy atom. The van der Waals surface area contributed by atoms with E-state index in [1.54, 1.807) is 38.6 Å². The highest BCUT2D eigenvalue weighted by Crippen LogP contribution is 2.36. The quantitative estimate of drug-likeness (QED) is 0.843. The maximum atomic E-state index is 12.8. The summed E-state index contributed by atoms with van der Waals surface area (Å²) in [5.41, 5.74) is 2.04. The van der Waals surface area contributed by atoms with E-state index in [0.717, 1.165) is 11.1 Å². The number of anilines is 1. The van der Waals surface area contributed by atoms with E-state index < -0.39 is 17.6 Å². The summed E-state index contributed by atoms with van der Waals surface area (Å²) in [6.45, 7) is 2.74. The molecule has 0 fully saturated rings. The van der Waals surface area contributed by atoms with Crippen LogP contribution in [0.2, 0.25) is 0 Å². The van der Waals surface area contributed by atoms with Crippen LogP contribution < -0.4 is 15.0 Å². The molecule has 3 heterocycles. The van der Waals surface area contributed by atoms with Crippen LogP contribution in [-0.2, 0) is 26.5 Å². The SMILES string of the molecule is COCC1(C)OCc2cnc(C(=O)N[C@H]3COc4ccccc4N(C)C3=O)cc21. The molecule has 2 aliphatic heterocycles. The molecule has 8 heteroatoms. The van der Waals surface area contributed by atoms with Gasteiger partial charge in [0, 0.05) is 25.9 Å². The predicted molar refractivity (Wildman–Crippen MR) is 105 cm³/mol. The molecule has 0 aliphatic carbocycles. The van der Waals surface area contributed by atoms with Crippen molar-refractivity contribution >= 4 is 17.5 Å². The van der Waals surface area contributed by atoms with Crippen LogP contribution in [0.3, 0.4) is 0 Å². The number of carbonyl (C=O) groups is 2. The van der Waals surface area contributed by atoms with Crippen LogP contribution in [0.1, 0.15) is 28.5 Å². The molecule has 4 rings (SSSR count). The minimum Gasteiger partial charge on any atom is -0.489 e. The van der Waals surface area contributed by atoms with Gasteiger partial charge in [0.05, 0.1) is 18.9 Å². The Hall–Kier alpha value is -2.97. The van der Waals surface area contributed by atoms with Gasteiger partial charge in [-0.2, -0.15) is 0 Å². The van der Waals surface area contributed by atoms with Gasteiger partial charge in [-0.25, -0.2) is 0 Å². The number of methoxy groups -OCH3 is 1.